The zero-order valence-corrected chi connectivity index (χ0v) is 25.4. The van der Waals surface area contributed by atoms with Gasteiger partial charge in [0.25, 0.3) is 5.91 Å². The van der Waals surface area contributed by atoms with Crippen molar-refractivity contribution in [1.82, 2.24) is 5.32 Å². The summed E-state index contributed by atoms with van der Waals surface area (Å²) >= 11 is 0. The Morgan fingerprint density at radius 3 is 1.61 bits per heavy atom. The number of phenolic OH excluding ortho intramolecular Hbond substituents is 1. The lowest BCUT2D eigenvalue weighted by molar-refractivity contribution is -0.120. The first-order valence-electron chi connectivity index (χ1n) is 15.1. The number of carbonyl (C=O) groups is 2. The topological polar surface area (TPSA) is 66.4 Å². The molecule has 0 aliphatic rings. The fraction of sp³-hybridized carbons (Fsp3) is 0.405. The fourth-order valence-electron chi connectivity index (χ4n) is 3.89. The molecule has 0 saturated carbocycles. The van der Waals surface area contributed by atoms with Crippen molar-refractivity contribution < 1.29 is 14.7 Å². The van der Waals surface area contributed by atoms with Crippen molar-refractivity contribution in [2.24, 2.45) is 5.92 Å². The zero-order valence-electron chi connectivity index (χ0n) is 25.4. The van der Waals surface area contributed by atoms with Gasteiger partial charge in [0.15, 0.2) is 0 Å². The minimum absolute atomic E-state index is 0.0141. The molecule has 0 aromatic heterocycles. The molecule has 0 saturated heterocycles. The summed E-state index contributed by atoms with van der Waals surface area (Å²) in [7, 11) is 0. The summed E-state index contributed by atoms with van der Waals surface area (Å²) < 4.78 is 0. The molecule has 1 aromatic carbocycles. The molecule has 0 fully saturated rings. The van der Waals surface area contributed by atoms with Gasteiger partial charge in [-0.15, -0.1) is 0 Å². The third kappa shape index (κ3) is 19.1. The van der Waals surface area contributed by atoms with Gasteiger partial charge in [0.2, 0.25) is 0 Å². The number of para-hydroxylation sites is 1. The highest BCUT2D eigenvalue weighted by Crippen LogP contribution is 2.17. The van der Waals surface area contributed by atoms with E-state index in [4.69, 9.17) is 0 Å². The van der Waals surface area contributed by atoms with E-state index in [9.17, 15) is 14.7 Å². The van der Waals surface area contributed by atoms with Crippen LogP contribution in [0.1, 0.15) is 95.3 Å². The van der Waals surface area contributed by atoms with Crippen molar-refractivity contribution >= 4 is 11.7 Å². The standard InChI is InChI=1S/C37H51NO3/c1-4-5-6-7-8-9-10-11-12-13-14-15-16-17-18-19-20-21-22-23-24-25-28-34(39)31-32(2)33(3)38-37(41)35-29-26-27-30-36(35)40/h5-6,8-9,11-12,14-15,17-18,20-21,23-24,26-27,29-30,32-33,40H,4,7,10,13,16,19,22,25,28,31H2,1-3H3,(H,38,41)/b6-5-,9-8-,12-11-,15-14-,18-17-,21-20-,24-23-. The Hall–Kier alpha value is -3.66. The molecule has 0 spiro atoms. The Kier molecular flexibility index (Phi) is 20.8. The van der Waals surface area contributed by atoms with Crippen molar-refractivity contribution in [3.8, 4) is 5.75 Å². The van der Waals surface area contributed by atoms with E-state index in [2.05, 4.69) is 97.3 Å². The number of allylic oxidation sites excluding steroid dienone is 14. The molecular formula is C37H51NO3. The number of hydrogen-bond donors (Lipinski definition) is 2. The van der Waals surface area contributed by atoms with Crippen LogP contribution in [0.25, 0.3) is 0 Å². The molecule has 2 N–H and O–H groups in total. The van der Waals surface area contributed by atoms with Crippen molar-refractivity contribution in [2.75, 3.05) is 0 Å². The van der Waals surface area contributed by atoms with E-state index in [1.807, 2.05) is 13.8 Å². The zero-order chi connectivity index (χ0) is 30.0. The van der Waals surface area contributed by atoms with Gasteiger partial charge in [-0.1, -0.05) is 111 Å². The normalized spacial score (nSPS) is 14.1. The number of rotatable bonds is 21. The highest BCUT2D eigenvalue weighted by atomic mass is 16.3. The highest BCUT2D eigenvalue weighted by molar-refractivity contribution is 5.97. The molecule has 1 rings (SSSR count). The monoisotopic (exact) mass is 557 g/mol. The van der Waals surface area contributed by atoms with Crippen LogP contribution in [0.4, 0.5) is 0 Å². The first-order valence-corrected chi connectivity index (χ1v) is 15.1. The minimum Gasteiger partial charge on any atom is -0.507 e. The van der Waals surface area contributed by atoms with E-state index >= 15 is 0 Å². The number of ketones is 1. The lowest BCUT2D eigenvalue weighted by atomic mass is 9.95. The third-order valence-corrected chi connectivity index (χ3v) is 6.54. The quantitative estimate of drug-likeness (QED) is 0.148. The first-order chi connectivity index (χ1) is 20.0. The molecule has 0 radical (unpaired) electrons. The predicted molar refractivity (Wildman–Crippen MR) is 175 cm³/mol. The summed E-state index contributed by atoms with van der Waals surface area (Å²) in [6.07, 6.45) is 39.0. The summed E-state index contributed by atoms with van der Waals surface area (Å²) in [6, 6.07) is 6.29. The van der Waals surface area contributed by atoms with Crippen LogP contribution in [0.3, 0.4) is 0 Å². The van der Waals surface area contributed by atoms with Crippen LogP contribution >= 0.6 is 0 Å². The predicted octanol–water partition coefficient (Wildman–Crippen LogP) is 9.53. The number of nitrogens with one attached hydrogen (secondary N) is 1. The van der Waals surface area contributed by atoms with Crippen LogP contribution in [0, 0.1) is 5.92 Å². The Bertz CT molecular complexity index is 1070. The largest absolute Gasteiger partial charge is 0.507 e. The SMILES string of the molecule is CC/C=C\C/C=C\C/C=C\C/C=C\C/C=C\C/C=C\C/C=C\CCC(=O)CC(C)C(C)NC(=O)c1ccccc1O. The summed E-state index contributed by atoms with van der Waals surface area (Å²) in [5.41, 5.74) is 0.245. The van der Waals surface area contributed by atoms with E-state index in [1.165, 1.54) is 6.07 Å². The van der Waals surface area contributed by atoms with Crippen molar-refractivity contribution in [3.63, 3.8) is 0 Å². The van der Waals surface area contributed by atoms with Gasteiger partial charge in [0.05, 0.1) is 5.56 Å². The van der Waals surface area contributed by atoms with Gasteiger partial charge in [-0.05, 0) is 76.3 Å². The van der Waals surface area contributed by atoms with Gasteiger partial charge in [-0.3, -0.25) is 9.59 Å². The molecule has 0 aliphatic carbocycles. The van der Waals surface area contributed by atoms with Crippen LogP contribution in [0.2, 0.25) is 0 Å². The van der Waals surface area contributed by atoms with Crippen LogP contribution in [-0.4, -0.2) is 22.8 Å². The second-order valence-electron chi connectivity index (χ2n) is 10.2. The van der Waals surface area contributed by atoms with Gasteiger partial charge in [-0.25, -0.2) is 0 Å². The third-order valence-electron chi connectivity index (χ3n) is 6.54. The number of phenols is 1. The van der Waals surface area contributed by atoms with E-state index in [0.717, 1.165) is 51.4 Å². The Labute approximate surface area is 249 Å². The lowest BCUT2D eigenvalue weighted by Crippen LogP contribution is -2.37. The number of aromatic hydroxyl groups is 1. The van der Waals surface area contributed by atoms with Crippen LogP contribution in [0.15, 0.2) is 109 Å². The van der Waals surface area contributed by atoms with Crippen LogP contribution in [-0.2, 0) is 4.79 Å². The van der Waals surface area contributed by atoms with Crippen molar-refractivity contribution in [1.29, 1.82) is 0 Å². The average molecular weight is 558 g/mol. The lowest BCUT2D eigenvalue weighted by Gasteiger charge is -2.21. The fourth-order valence-corrected chi connectivity index (χ4v) is 3.89. The molecule has 41 heavy (non-hydrogen) atoms. The maximum atomic E-state index is 12.4. The average Bonchev–Trinajstić information content (AvgIpc) is 2.95. The number of hydrogen-bond acceptors (Lipinski definition) is 3. The molecule has 0 heterocycles. The summed E-state index contributed by atoms with van der Waals surface area (Å²) in [4.78, 5) is 24.7. The number of carbonyl (C=O) groups excluding carboxylic acids is 2. The van der Waals surface area contributed by atoms with Gasteiger partial charge in [-0.2, -0.15) is 0 Å². The van der Waals surface area contributed by atoms with Crippen LogP contribution in [0.5, 0.6) is 5.75 Å². The number of Topliss-reactive ketones (excluding diaryl/α,β-unsaturated/α-hetero) is 1. The van der Waals surface area contributed by atoms with E-state index in [-0.39, 0.29) is 35.0 Å². The van der Waals surface area contributed by atoms with Gasteiger partial charge >= 0.3 is 0 Å². The van der Waals surface area contributed by atoms with Crippen molar-refractivity contribution in [3.05, 3.63) is 115 Å². The molecule has 2 atom stereocenters. The van der Waals surface area contributed by atoms with Crippen LogP contribution < -0.4 is 5.32 Å². The summed E-state index contributed by atoms with van der Waals surface area (Å²) in [5, 5.41) is 12.7. The molecule has 222 valence electrons. The van der Waals surface area contributed by atoms with E-state index < -0.39 is 0 Å². The van der Waals surface area contributed by atoms with Gasteiger partial charge < -0.3 is 10.4 Å². The highest BCUT2D eigenvalue weighted by Gasteiger charge is 2.19. The molecule has 0 bridgehead atoms. The second kappa shape index (κ2) is 24.2. The van der Waals surface area contributed by atoms with E-state index in [0.29, 0.717) is 12.8 Å². The summed E-state index contributed by atoms with van der Waals surface area (Å²) in [6.45, 7) is 6.01. The maximum Gasteiger partial charge on any atom is 0.255 e. The number of benzene rings is 1. The van der Waals surface area contributed by atoms with Crippen molar-refractivity contribution in [2.45, 2.75) is 91.0 Å². The summed E-state index contributed by atoms with van der Waals surface area (Å²) in [5.74, 6) is -0.163. The second-order valence-corrected chi connectivity index (χ2v) is 10.2. The maximum absolute atomic E-state index is 12.4. The first kappa shape index (κ1) is 35.4. The molecule has 0 aliphatic heterocycles. The smallest absolute Gasteiger partial charge is 0.255 e. The molecule has 1 amide bonds. The number of amides is 1. The molecule has 4 nitrogen and oxygen atoms in total. The molecular weight excluding hydrogens is 506 g/mol. The Balaban J connectivity index is 2.08. The Morgan fingerprint density at radius 2 is 1.15 bits per heavy atom. The van der Waals surface area contributed by atoms with Gasteiger partial charge in [0.1, 0.15) is 11.5 Å². The Morgan fingerprint density at radius 1 is 0.707 bits per heavy atom. The minimum atomic E-state index is -0.327. The van der Waals surface area contributed by atoms with Gasteiger partial charge in [0, 0.05) is 18.9 Å². The molecule has 2 unspecified atom stereocenters. The molecule has 4 heteroatoms. The van der Waals surface area contributed by atoms with E-state index in [1.54, 1.807) is 18.2 Å². The molecule has 1 aromatic rings.